The third kappa shape index (κ3) is 12.1. The predicted octanol–water partition coefficient (Wildman–Crippen LogP) is 5.09. The molecule has 112 valence electrons. The highest BCUT2D eigenvalue weighted by Gasteiger charge is 2.12. The van der Waals surface area contributed by atoms with E-state index in [1.54, 1.807) is 6.92 Å². The second-order valence-corrected chi connectivity index (χ2v) is 5.83. The Morgan fingerprint density at radius 3 is 1.79 bits per heavy atom. The van der Waals surface area contributed by atoms with Crippen LogP contribution >= 0.6 is 0 Å². The lowest BCUT2D eigenvalue weighted by atomic mass is 9.97. The van der Waals surface area contributed by atoms with Gasteiger partial charge >= 0.3 is 0 Å². The van der Waals surface area contributed by atoms with E-state index in [4.69, 9.17) is 0 Å². The summed E-state index contributed by atoms with van der Waals surface area (Å²) in [4.78, 5) is 22.7. The standard InChI is InChI=1S/C17H32O2/c1-4-5-6-7-8-9-10-11-12-13-17(19)14-15(2)16(3)18/h15H,4-14H2,1-3H3. The third-order valence-corrected chi connectivity index (χ3v) is 3.79. The van der Waals surface area contributed by atoms with Crippen LogP contribution in [-0.4, -0.2) is 11.6 Å². The summed E-state index contributed by atoms with van der Waals surface area (Å²) < 4.78 is 0. The van der Waals surface area contributed by atoms with Gasteiger partial charge in [0.15, 0.2) is 0 Å². The normalized spacial score (nSPS) is 12.4. The van der Waals surface area contributed by atoms with E-state index in [1.165, 1.54) is 44.9 Å². The first-order chi connectivity index (χ1) is 9.07. The van der Waals surface area contributed by atoms with E-state index in [-0.39, 0.29) is 17.5 Å². The highest BCUT2D eigenvalue weighted by atomic mass is 16.1. The van der Waals surface area contributed by atoms with E-state index in [0.717, 1.165) is 12.8 Å². The van der Waals surface area contributed by atoms with Crippen molar-refractivity contribution < 1.29 is 9.59 Å². The van der Waals surface area contributed by atoms with Crippen molar-refractivity contribution in [3.05, 3.63) is 0 Å². The number of rotatable bonds is 13. The van der Waals surface area contributed by atoms with Crippen LogP contribution in [0.15, 0.2) is 0 Å². The maximum Gasteiger partial charge on any atom is 0.133 e. The molecule has 0 bridgehead atoms. The largest absolute Gasteiger partial charge is 0.300 e. The Bertz CT molecular complexity index is 246. The lowest BCUT2D eigenvalue weighted by Crippen LogP contribution is -2.12. The zero-order chi connectivity index (χ0) is 14.5. The SMILES string of the molecule is CCCCCCCCCCCC(=O)CC(C)C(C)=O. The minimum atomic E-state index is -0.0916. The fourth-order valence-corrected chi connectivity index (χ4v) is 2.22. The average molecular weight is 268 g/mol. The van der Waals surface area contributed by atoms with E-state index in [0.29, 0.717) is 12.8 Å². The summed E-state index contributed by atoms with van der Waals surface area (Å²) in [7, 11) is 0. The van der Waals surface area contributed by atoms with Crippen LogP contribution in [0.1, 0.15) is 91.4 Å². The first-order valence-electron chi connectivity index (χ1n) is 8.10. The maximum atomic E-state index is 11.6. The lowest BCUT2D eigenvalue weighted by molar-refractivity contribution is -0.126. The molecule has 0 heterocycles. The molecule has 0 saturated heterocycles. The second kappa shape index (κ2) is 12.4. The van der Waals surface area contributed by atoms with Crippen molar-refractivity contribution in [3.8, 4) is 0 Å². The Hall–Kier alpha value is -0.660. The molecule has 0 aliphatic carbocycles. The molecule has 19 heavy (non-hydrogen) atoms. The second-order valence-electron chi connectivity index (χ2n) is 5.83. The zero-order valence-corrected chi connectivity index (χ0v) is 13.2. The fourth-order valence-electron chi connectivity index (χ4n) is 2.22. The summed E-state index contributed by atoms with van der Waals surface area (Å²) in [6, 6.07) is 0. The van der Waals surface area contributed by atoms with Gasteiger partial charge in [0, 0.05) is 18.8 Å². The van der Waals surface area contributed by atoms with Gasteiger partial charge in [-0.3, -0.25) is 9.59 Å². The number of carbonyl (C=O) groups is 2. The molecule has 0 radical (unpaired) electrons. The first kappa shape index (κ1) is 18.3. The van der Waals surface area contributed by atoms with Crippen LogP contribution in [0.3, 0.4) is 0 Å². The Labute approximate surface area is 119 Å². The van der Waals surface area contributed by atoms with Crippen molar-refractivity contribution in [2.45, 2.75) is 91.4 Å². The predicted molar refractivity (Wildman–Crippen MR) is 81.3 cm³/mol. The Balaban J connectivity index is 3.30. The van der Waals surface area contributed by atoms with Gasteiger partial charge in [0.1, 0.15) is 11.6 Å². The van der Waals surface area contributed by atoms with E-state index in [9.17, 15) is 9.59 Å². The molecule has 0 N–H and O–H groups in total. The van der Waals surface area contributed by atoms with Crippen LogP contribution in [0.2, 0.25) is 0 Å². The van der Waals surface area contributed by atoms with Crippen molar-refractivity contribution in [1.29, 1.82) is 0 Å². The summed E-state index contributed by atoms with van der Waals surface area (Å²) in [5.74, 6) is 0.289. The van der Waals surface area contributed by atoms with E-state index < -0.39 is 0 Å². The van der Waals surface area contributed by atoms with Crippen molar-refractivity contribution in [3.63, 3.8) is 0 Å². The van der Waals surface area contributed by atoms with E-state index >= 15 is 0 Å². The summed E-state index contributed by atoms with van der Waals surface area (Å²) in [5, 5.41) is 0. The molecule has 0 aromatic carbocycles. The van der Waals surface area contributed by atoms with Crippen molar-refractivity contribution in [1.82, 2.24) is 0 Å². The molecule has 0 aromatic heterocycles. The van der Waals surface area contributed by atoms with Gasteiger partial charge in [0.25, 0.3) is 0 Å². The summed E-state index contributed by atoms with van der Waals surface area (Å²) in [6.45, 7) is 5.65. The van der Waals surface area contributed by atoms with Crippen molar-refractivity contribution >= 4 is 11.6 Å². The minimum absolute atomic E-state index is 0.0916. The Morgan fingerprint density at radius 1 is 0.842 bits per heavy atom. The molecule has 1 atom stereocenters. The molecule has 0 fully saturated rings. The third-order valence-electron chi connectivity index (χ3n) is 3.79. The number of carbonyl (C=O) groups excluding carboxylic acids is 2. The molecule has 0 aliphatic heterocycles. The number of ketones is 2. The molecule has 0 amide bonds. The summed E-state index contributed by atoms with van der Waals surface area (Å²) in [6.07, 6.45) is 12.6. The average Bonchev–Trinajstić information content (AvgIpc) is 2.36. The molecular weight excluding hydrogens is 236 g/mol. The number of Topliss-reactive ketones (excluding diaryl/α,β-unsaturated/α-hetero) is 2. The van der Waals surface area contributed by atoms with Gasteiger partial charge in [-0.25, -0.2) is 0 Å². The molecule has 2 heteroatoms. The van der Waals surface area contributed by atoms with Gasteiger partial charge in [0.2, 0.25) is 0 Å². The van der Waals surface area contributed by atoms with E-state index in [2.05, 4.69) is 6.92 Å². The topological polar surface area (TPSA) is 34.1 Å². The minimum Gasteiger partial charge on any atom is -0.300 e. The maximum absolute atomic E-state index is 11.6. The van der Waals surface area contributed by atoms with Gasteiger partial charge in [-0.1, -0.05) is 65.2 Å². The van der Waals surface area contributed by atoms with Crippen molar-refractivity contribution in [2.75, 3.05) is 0 Å². The van der Waals surface area contributed by atoms with Crippen molar-refractivity contribution in [2.24, 2.45) is 5.92 Å². The van der Waals surface area contributed by atoms with Gasteiger partial charge < -0.3 is 0 Å². The van der Waals surface area contributed by atoms with Gasteiger partial charge in [-0.15, -0.1) is 0 Å². The molecule has 0 aromatic rings. The quantitative estimate of drug-likeness (QED) is 0.436. The van der Waals surface area contributed by atoms with Crippen LogP contribution in [0.25, 0.3) is 0 Å². The lowest BCUT2D eigenvalue weighted by Gasteiger charge is -2.06. The van der Waals surface area contributed by atoms with Crippen LogP contribution in [-0.2, 0) is 9.59 Å². The molecule has 2 nitrogen and oxygen atoms in total. The van der Waals surface area contributed by atoms with E-state index in [1.807, 2.05) is 6.92 Å². The summed E-state index contributed by atoms with van der Waals surface area (Å²) in [5.41, 5.74) is 0. The fraction of sp³-hybridized carbons (Fsp3) is 0.882. The molecular formula is C17H32O2. The molecule has 0 saturated carbocycles. The summed E-state index contributed by atoms with van der Waals surface area (Å²) >= 11 is 0. The van der Waals surface area contributed by atoms with Gasteiger partial charge in [-0.2, -0.15) is 0 Å². The molecule has 0 spiro atoms. The monoisotopic (exact) mass is 268 g/mol. The van der Waals surface area contributed by atoms with Gasteiger partial charge in [-0.05, 0) is 13.3 Å². The zero-order valence-electron chi connectivity index (χ0n) is 13.2. The van der Waals surface area contributed by atoms with Crippen LogP contribution in [0.4, 0.5) is 0 Å². The Morgan fingerprint density at radius 2 is 1.32 bits per heavy atom. The highest BCUT2D eigenvalue weighted by molar-refractivity contribution is 5.86. The number of hydrogen-bond acceptors (Lipinski definition) is 2. The van der Waals surface area contributed by atoms with Crippen LogP contribution < -0.4 is 0 Å². The first-order valence-corrected chi connectivity index (χ1v) is 8.10. The highest BCUT2D eigenvalue weighted by Crippen LogP contribution is 2.12. The van der Waals surface area contributed by atoms with Crippen LogP contribution in [0.5, 0.6) is 0 Å². The Kier molecular flexibility index (Phi) is 11.9. The van der Waals surface area contributed by atoms with Crippen LogP contribution in [0, 0.1) is 5.92 Å². The van der Waals surface area contributed by atoms with Gasteiger partial charge in [0.05, 0.1) is 0 Å². The number of unbranched alkanes of at least 4 members (excludes halogenated alkanes) is 8. The smallest absolute Gasteiger partial charge is 0.133 e. The molecule has 0 aliphatic rings. The molecule has 0 rings (SSSR count). The molecule has 1 unspecified atom stereocenters. The number of hydrogen-bond donors (Lipinski definition) is 0.